The molecule has 0 unspecified atom stereocenters. The third kappa shape index (κ3) is 4.96. The minimum atomic E-state index is -0.222. The van der Waals surface area contributed by atoms with Crippen molar-refractivity contribution >= 4 is 45.4 Å². The van der Waals surface area contributed by atoms with Crippen LogP contribution in [0.25, 0.3) is 21.0 Å². The lowest BCUT2D eigenvalue weighted by Crippen LogP contribution is -2.34. The molecule has 0 spiro atoms. The van der Waals surface area contributed by atoms with Gasteiger partial charge in [-0.3, -0.25) is 9.78 Å². The van der Waals surface area contributed by atoms with Gasteiger partial charge in [0.25, 0.3) is 0 Å². The molecule has 28 heavy (non-hydrogen) atoms. The predicted molar refractivity (Wildman–Crippen MR) is 110 cm³/mol. The van der Waals surface area contributed by atoms with Gasteiger partial charge >= 0.3 is 0 Å². The summed E-state index contributed by atoms with van der Waals surface area (Å²) < 4.78 is 0. The molecule has 0 fully saturated rings. The summed E-state index contributed by atoms with van der Waals surface area (Å²) in [5.41, 5.74) is 10.0. The van der Waals surface area contributed by atoms with Gasteiger partial charge in [-0.2, -0.15) is 0 Å². The molecule has 3 aromatic heterocycles. The number of aromatic nitrogens is 3. The van der Waals surface area contributed by atoms with E-state index in [0.29, 0.717) is 20.7 Å². The summed E-state index contributed by atoms with van der Waals surface area (Å²) in [4.78, 5) is 29.6. The van der Waals surface area contributed by atoms with Crippen molar-refractivity contribution < 1.29 is 4.79 Å². The molecule has 3 rings (SSSR count). The number of anilines is 1. The first-order valence-corrected chi connectivity index (χ1v) is 9.64. The van der Waals surface area contributed by atoms with E-state index in [1.165, 1.54) is 16.2 Å². The van der Waals surface area contributed by atoms with Crippen molar-refractivity contribution in [1.82, 2.24) is 15.0 Å². The van der Waals surface area contributed by atoms with Crippen LogP contribution < -0.4 is 4.90 Å². The summed E-state index contributed by atoms with van der Waals surface area (Å²) in [5, 5.41) is 5.20. The zero-order chi connectivity index (χ0) is 19.9. The summed E-state index contributed by atoms with van der Waals surface area (Å²) in [7, 11) is 0. The molecule has 142 valence electrons. The molecule has 0 radical (unpaired) electrons. The number of thiazole rings is 1. The molecule has 1 amide bonds. The zero-order valence-electron chi connectivity index (χ0n) is 14.4. The van der Waals surface area contributed by atoms with Crippen LogP contribution in [0.2, 0.25) is 10.3 Å². The molecule has 0 aromatic carbocycles. The van der Waals surface area contributed by atoms with Gasteiger partial charge in [0.2, 0.25) is 5.91 Å². The highest BCUT2D eigenvalue weighted by molar-refractivity contribution is 7.19. The summed E-state index contributed by atoms with van der Waals surface area (Å²) in [6.07, 6.45) is 4.97. The molecule has 0 atom stereocenters. The molecule has 0 aliphatic carbocycles. The molecule has 0 saturated heterocycles. The van der Waals surface area contributed by atoms with Crippen LogP contribution in [0.4, 0.5) is 5.00 Å². The number of hydrogen-bond acceptors (Lipinski definition) is 6. The highest BCUT2D eigenvalue weighted by Gasteiger charge is 2.23. The van der Waals surface area contributed by atoms with Gasteiger partial charge in [-0.05, 0) is 29.3 Å². The molecule has 3 aromatic rings. The first-order chi connectivity index (χ1) is 13.6. The maximum atomic E-state index is 12.9. The van der Waals surface area contributed by atoms with Gasteiger partial charge in [0.1, 0.15) is 15.2 Å². The Morgan fingerprint density at radius 1 is 1.29 bits per heavy atom. The Morgan fingerprint density at radius 2 is 2.14 bits per heavy atom. The SMILES string of the molecule is [N-]=[N+]=NCCN(C(=O)Cc1ccc(Cl)nc1)c1sc(-c2cccnc2)nc1Cl. The van der Waals surface area contributed by atoms with Crippen molar-refractivity contribution in [3.05, 3.63) is 69.2 Å². The number of carbonyl (C=O) groups is 1. The molecular formula is C17H13Cl2N7OS. The second-order valence-electron chi connectivity index (χ2n) is 5.52. The number of carbonyl (C=O) groups excluding carboxylic acids is 1. The lowest BCUT2D eigenvalue weighted by molar-refractivity contribution is -0.117. The van der Waals surface area contributed by atoms with Gasteiger partial charge in [-0.25, -0.2) is 9.97 Å². The molecule has 0 saturated carbocycles. The Balaban J connectivity index is 1.88. The van der Waals surface area contributed by atoms with Gasteiger partial charge in [-0.15, -0.1) is 0 Å². The van der Waals surface area contributed by atoms with Gasteiger partial charge in [0.15, 0.2) is 5.15 Å². The molecule has 0 aliphatic heterocycles. The third-order valence-electron chi connectivity index (χ3n) is 3.66. The topological polar surface area (TPSA) is 108 Å². The number of halogens is 2. The number of amides is 1. The molecule has 0 N–H and O–H groups in total. The smallest absolute Gasteiger partial charge is 0.232 e. The van der Waals surface area contributed by atoms with E-state index in [9.17, 15) is 4.79 Å². The second-order valence-corrected chi connectivity index (χ2v) is 7.25. The van der Waals surface area contributed by atoms with Gasteiger partial charge < -0.3 is 4.90 Å². The quantitative estimate of drug-likeness (QED) is 0.230. The van der Waals surface area contributed by atoms with Crippen molar-refractivity contribution in [3.63, 3.8) is 0 Å². The van der Waals surface area contributed by atoms with Crippen LogP contribution in [0, 0.1) is 0 Å². The third-order valence-corrected chi connectivity index (χ3v) is 5.38. The molecule has 11 heteroatoms. The average molecular weight is 434 g/mol. The van der Waals surface area contributed by atoms with E-state index in [0.717, 1.165) is 5.56 Å². The molecule has 0 bridgehead atoms. The Labute approximate surface area is 174 Å². The number of pyridine rings is 2. The largest absolute Gasteiger partial charge is 0.301 e. The standard InChI is InChI=1S/C17H13Cl2N7OS/c18-13-4-3-11(9-22-13)8-14(27)26(7-6-23-25-20)17-15(19)24-16(28-17)12-2-1-5-21-10-12/h1-5,9-10H,6-8H2. The van der Waals surface area contributed by atoms with Gasteiger partial charge in [0, 0.05) is 42.2 Å². The van der Waals surface area contributed by atoms with Crippen molar-refractivity contribution in [3.8, 4) is 10.6 Å². The van der Waals surface area contributed by atoms with Crippen LogP contribution in [0.3, 0.4) is 0 Å². The minimum Gasteiger partial charge on any atom is -0.301 e. The maximum Gasteiger partial charge on any atom is 0.232 e. The van der Waals surface area contributed by atoms with Crippen LogP contribution >= 0.6 is 34.5 Å². The summed E-state index contributed by atoms with van der Waals surface area (Å²) in [6.45, 7) is 0.288. The molecule has 8 nitrogen and oxygen atoms in total. The highest BCUT2D eigenvalue weighted by atomic mass is 35.5. The van der Waals surface area contributed by atoms with Crippen LogP contribution in [0.15, 0.2) is 48.0 Å². The van der Waals surface area contributed by atoms with Gasteiger partial charge in [0.05, 0.1) is 6.42 Å². The fourth-order valence-corrected chi connectivity index (χ4v) is 3.84. The lowest BCUT2D eigenvalue weighted by atomic mass is 10.2. The minimum absolute atomic E-state index is 0.0941. The summed E-state index contributed by atoms with van der Waals surface area (Å²) in [5.74, 6) is -0.222. The van der Waals surface area contributed by atoms with Crippen molar-refractivity contribution in [2.75, 3.05) is 18.0 Å². The first-order valence-electron chi connectivity index (χ1n) is 8.07. The molecular weight excluding hydrogens is 421 g/mol. The maximum absolute atomic E-state index is 12.9. The van der Waals surface area contributed by atoms with Crippen molar-refractivity contribution in [2.24, 2.45) is 5.11 Å². The van der Waals surface area contributed by atoms with E-state index in [-0.39, 0.29) is 30.6 Å². The van der Waals surface area contributed by atoms with E-state index in [1.807, 2.05) is 6.07 Å². The number of nitrogens with zero attached hydrogens (tertiary/aromatic N) is 7. The van der Waals surface area contributed by atoms with Crippen LogP contribution in [0.1, 0.15) is 5.56 Å². The Kier molecular flexibility index (Phi) is 6.78. The average Bonchev–Trinajstić information content (AvgIpc) is 3.09. The van der Waals surface area contributed by atoms with E-state index < -0.39 is 0 Å². The van der Waals surface area contributed by atoms with Crippen LogP contribution in [-0.2, 0) is 11.2 Å². The molecule has 3 heterocycles. The fraction of sp³-hybridized carbons (Fsp3) is 0.176. The van der Waals surface area contributed by atoms with Gasteiger partial charge in [-0.1, -0.05) is 45.7 Å². The van der Waals surface area contributed by atoms with E-state index >= 15 is 0 Å². The Hall–Kier alpha value is -2.71. The predicted octanol–water partition coefficient (Wildman–Crippen LogP) is 4.79. The second kappa shape index (κ2) is 9.48. The van der Waals surface area contributed by atoms with E-state index in [4.69, 9.17) is 28.7 Å². The van der Waals surface area contributed by atoms with Crippen LogP contribution in [0.5, 0.6) is 0 Å². The normalized spacial score (nSPS) is 10.4. The molecule has 0 aliphatic rings. The Bertz CT molecular complexity index is 1000. The number of rotatable bonds is 7. The number of azide groups is 1. The number of hydrogen-bond donors (Lipinski definition) is 0. The summed E-state index contributed by atoms with van der Waals surface area (Å²) in [6, 6.07) is 7.00. The first kappa shape index (κ1) is 20.0. The zero-order valence-corrected chi connectivity index (χ0v) is 16.7. The summed E-state index contributed by atoms with van der Waals surface area (Å²) >= 11 is 13.4. The monoisotopic (exact) mass is 433 g/mol. The van der Waals surface area contributed by atoms with Crippen molar-refractivity contribution in [2.45, 2.75) is 6.42 Å². The highest BCUT2D eigenvalue weighted by Crippen LogP contribution is 2.37. The van der Waals surface area contributed by atoms with Crippen molar-refractivity contribution in [1.29, 1.82) is 0 Å². The van der Waals surface area contributed by atoms with Crippen LogP contribution in [-0.4, -0.2) is 33.9 Å². The van der Waals surface area contributed by atoms with E-state index in [2.05, 4.69) is 25.0 Å². The lowest BCUT2D eigenvalue weighted by Gasteiger charge is -2.20. The van der Waals surface area contributed by atoms with E-state index in [1.54, 1.807) is 36.8 Å². The Morgan fingerprint density at radius 3 is 2.82 bits per heavy atom. The fourth-order valence-electron chi connectivity index (χ4n) is 2.38.